The van der Waals surface area contributed by atoms with Crippen LogP contribution >= 0.6 is 0 Å². The first kappa shape index (κ1) is 14.4. The predicted octanol–water partition coefficient (Wildman–Crippen LogP) is 1.91. The third-order valence-electron chi connectivity index (χ3n) is 3.81. The van der Waals surface area contributed by atoms with Gasteiger partial charge in [-0.05, 0) is 12.8 Å². The monoisotopic (exact) mass is 269 g/mol. The molecule has 0 saturated heterocycles. The Bertz CT molecular complexity index is 386. The summed E-state index contributed by atoms with van der Waals surface area (Å²) in [5, 5.41) is 4.08. The summed E-state index contributed by atoms with van der Waals surface area (Å²) in [6, 6.07) is -0.383. The normalized spacial score (nSPS) is 21.0. The Balaban J connectivity index is 2.18. The van der Waals surface area contributed by atoms with E-state index in [4.69, 9.17) is 19.7 Å². The second-order valence-corrected chi connectivity index (χ2v) is 5.13. The van der Waals surface area contributed by atoms with Crippen LogP contribution in [-0.4, -0.2) is 31.0 Å². The third-order valence-corrected chi connectivity index (χ3v) is 3.81. The molecular formula is C13H23N3O3. The number of nitrogens with two attached hydrogens (primary N) is 1. The lowest BCUT2D eigenvalue weighted by Crippen LogP contribution is -2.29. The Hall–Kier alpha value is -0.980. The van der Waals surface area contributed by atoms with E-state index >= 15 is 0 Å². The van der Waals surface area contributed by atoms with Gasteiger partial charge < -0.3 is 19.7 Å². The molecule has 1 aliphatic rings. The first-order valence-electron chi connectivity index (χ1n) is 6.85. The van der Waals surface area contributed by atoms with Crippen LogP contribution in [0.5, 0.6) is 0 Å². The first-order chi connectivity index (χ1) is 9.22. The summed E-state index contributed by atoms with van der Waals surface area (Å²) in [4.78, 5) is 4.43. The van der Waals surface area contributed by atoms with Gasteiger partial charge in [0.2, 0.25) is 11.7 Å². The molecule has 6 nitrogen and oxygen atoms in total. The van der Waals surface area contributed by atoms with Crippen molar-refractivity contribution in [2.45, 2.75) is 50.2 Å². The Morgan fingerprint density at radius 3 is 2.53 bits per heavy atom. The van der Waals surface area contributed by atoms with Crippen LogP contribution in [0, 0.1) is 0 Å². The maximum Gasteiger partial charge on any atom is 0.246 e. The van der Waals surface area contributed by atoms with Crippen molar-refractivity contribution in [3.05, 3.63) is 11.7 Å². The molecule has 1 unspecified atom stereocenters. The average molecular weight is 269 g/mol. The van der Waals surface area contributed by atoms with Gasteiger partial charge in [-0.2, -0.15) is 4.98 Å². The summed E-state index contributed by atoms with van der Waals surface area (Å²) < 4.78 is 16.0. The van der Waals surface area contributed by atoms with Crippen molar-refractivity contribution in [3.8, 4) is 0 Å². The molecule has 1 saturated carbocycles. The summed E-state index contributed by atoms with van der Waals surface area (Å²) in [6.07, 6.45) is 6.59. The van der Waals surface area contributed by atoms with Crippen molar-refractivity contribution in [1.29, 1.82) is 0 Å². The Labute approximate surface area is 113 Å². The van der Waals surface area contributed by atoms with E-state index in [9.17, 15) is 0 Å². The van der Waals surface area contributed by atoms with Gasteiger partial charge in [0, 0.05) is 14.2 Å². The van der Waals surface area contributed by atoms with Crippen LogP contribution in [0.2, 0.25) is 0 Å². The molecule has 0 aromatic carbocycles. The minimum Gasteiger partial charge on any atom is -0.383 e. The van der Waals surface area contributed by atoms with Gasteiger partial charge in [-0.1, -0.05) is 30.8 Å². The molecule has 0 spiro atoms. The predicted molar refractivity (Wildman–Crippen MR) is 69.5 cm³/mol. The molecule has 1 aliphatic carbocycles. The van der Waals surface area contributed by atoms with Gasteiger partial charge in [-0.25, -0.2) is 0 Å². The zero-order valence-corrected chi connectivity index (χ0v) is 11.7. The van der Waals surface area contributed by atoms with Gasteiger partial charge in [0.15, 0.2) is 0 Å². The van der Waals surface area contributed by atoms with E-state index in [1.54, 1.807) is 14.2 Å². The summed E-state index contributed by atoms with van der Waals surface area (Å²) in [6.45, 7) is 0.363. The van der Waals surface area contributed by atoms with E-state index in [1.165, 1.54) is 12.8 Å². The molecule has 0 amide bonds. The summed E-state index contributed by atoms with van der Waals surface area (Å²) in [7, 11) is 3.32. The summed E-state index contributed by atoms with van der Waals surface area (Å²) in [5.74, 6) is 1.04. The second kappa shape index (κ2) is 6.45. The van der Waals surface area contributed by atoms with Gasteiger partial charge in [0.25, 0.3) is 0 Å². The molecule has 0 bridgehead atoms. The van der Waals surface area contributed by atoms with Crippen molar-refractivity contribution in [2.24, 2.45) is 5.73 Å². The Kier molecular flexibility index (Phi) is 4.90. The fourth-order valence-corrected chi connectivity index (χ4v) is 2.64. The Morgan fingerprint density at radius 2 is 1.95 bits per heavy atom. The van der Waals surface area contributed by atoms with Gasteiger partial charge in [0.1, 0.15) is 11.6 Å². The lowest BCUT2D eigenvalue weighted by Gasteiger charge is -2.27. The fourth-order valence-electron chi connectivity index (χ4n) is 2.64. The zero-order chi connectivity index (χ0) is 13.7. The number of methoxy groups -OCH3 is 2. The molecule has 6 heteroatoms. The van der Waals surface area contributed by atoms with E-state index in [2.05, 4.69) is 10.1 Å². The third kappa shape index (κ3) is 3.13. The Morgan fingerprint density at radius 1 is 1.26 bits per heavy atom. The van der Waals surface area contributed by atoms with Crippen molar-refractivity contribution >= 4 is 0 Å². The van der Waals surface area contributed by atoms with Crippen LogP contribution in [0.1, 0.15) is 56.3 Å². The average Bonchev–Trinajstić information content (AvgIpc) is 2.79. The lowest BCUT2D eigenvalue weighted by molar-refractivity contribution is -0.0365. The highest BCUT2D eigenvalue weighted by atomic mass is 16.5. The maximum absolute atomic E-state index is 5.90. The van der Waals surface area contributed by atoms with Crippen LogP contribution in [0.4, 0.5) is 0 Å². The van der Waals surface area contributed by atoms with E-state index in [0.717, 1.165) is 25.7 Å². The van der Waals surface area contributed by atoms with Crippen LogP contribution in [0.25, 0.3) is 0 Å². The van der Waals surface area contributed by atoms with Crippen molar-refractivity contribution < 1.29 is 14.0 Å². The second-order valence-electron chi connectivity index (χ2n) is 5.13. The van der Waals surface area contributed by atoms with E-state index in [0.29, 0.717) is 18.3 Å². The van der Waals surface area contributed by atoms with Gasteiger partial charge in [0.05, 0.1) is 6.61 Å². The SMILES string of the molecule is COCC(N)c1nc(C2(OC)CCCCCC2)no1. The molecule has 0 radical (unpaired) electrons. The fraction of sp³-hybridized carbons (Fsp3) is 0.846. The molecule has 19 heavy (non-hydrogen) atoms. The number of ether oxygens (including phenoxy) is 2. The van der Waals surface area contributed by atoms with Crippen molar-refractivity contribution in [1.82, 2.24) is 10.1 Å². The number of aromatic nitrogens is 2. The topological polar surface area (TPSA) is 83.4 Å². The highest BCUT2D eigenvalue weighted by Gasteiger charge is 2.38. The van der Waals surface area contributed by atoms with E-state index in [1.807, 2.05) is 0 Å². The minimum absolute atomic E-state index is 0.363. The molecule has 0 aliphatic heterocycles. The van der Waals surface area contributed by atoms with Crippen molar-refractivity contribution in [3.63, 3.8) is 0 Å². The van der Waals surface area contributed by atoms with E-state index in [-0.39, 0.29) is 6.04 Å². The van der Waals surface area contributed by atoms with Gasteiger partial charge >= 0.3 is 0 Å². The summed E-state index contributed by atoms with van der Waals surface area (Å²) >= 11 is 0. The highest BCUT2D eigenvalue weighted by Crippen LogP contribution is 2.37. The molecule has 1 aromatic rings. The molecule has 1 fully saturated rings. The smallest absolute Gasteiger partial charge is 0.246 e. The number of hydrogen-bond donors (Lipinski definition) is 1. The minimum atomic E-state index is -0.412. The van der Waals surface area contributed by atoms with Crippen LogP contribution in [0.15, 0.2) is 4.52 Å². The number of hydrogen-bond acceptors (Lipinski definition) is 6. The molecule has 2 rings (SSSR count). The number of nitrogens with zero attached hydrogens (tertiary/aromatic N) is 2. The standard InChI is InChI=1S/C13H23N3O3/c1-17-9-10(14)11-15-12(16-19-11)13(18-2)7-5-3-4-6-8-13/h10H,3-9,14H2,1-2H3. The molecule has 1 atom stereocenters. The number of rotatable bonds is 5. The largest absolute Gasteiger partial charge is 0.383 e. The van der Waals surface area contributed by atoms with Gasteiger partial charge in [-0.3, -0.25) is 0 Å². The lowest BCUT2D eigenvalue weighted by atomic mass is 9.93. The van der Waals surface area contributed by atoms with Crippen molar-refractivity contribution in [2.75, 3.05) is 20.8 Å². The van der Waals surface area contributed by atoms with Gasteiger partial charge in [-0.15, -0.1) is 0 Å². The van der Waals surface area contributed by atoms with Crippen LogP contribution in [-0.2, 0) is 15.1 Å². The zero-order valence-electron chi connectivity index (χ0n) is 11.7. The molecular weight excluding hydrogens is 246 g/mol. The highest BCUT2D eigenvalue weighted by molar-refractivity contribution is 5.04. The molecule has 1 heterocycles. The maximum atomic E-state index is 5.90. The van der Waals surface area contributed by atoms with E-state index < -0.39 is 5.60 Å². The quantitative estimate of drug-likeness (QED) is 0.822. The molecule has 108 valence electrons. The molecule has 2 N–H and O–H groups in total. The summed E-state index contributed by atoms with van der Waals surface area (Å²) in [5.41, 5.74) is 5.49. The van der Waals surface area contributed by atoms with Crippen LogP contribution in [0.3, 0.4) is 0 Å². The molecule has 1 aromatic heterocycles. The first-order valence-corrected chi connectivity index (χ1v) is 6.85. The van der Waals surface area contributed by atoms with Crippen LogP contribution < -0.4 is 5.73 Å².